The van der Waals surface area contributed by atoms with Crippen molar-refractivity contribution in [2.24, 2.45) is 17.2 Å². The molecule has 3 rings (SSSR count). The molecule has 25 heavy (non-hydrogen) atoms. The molecular formula is C20H30N2O3. The lowest BCUT2D eigenvalue weighted by Gasteiger charge is -2.54. The van der Waals surface area contributed by atoms with Crippen LogP contribution in [0.3, 0.4) is 0 Å². The number of phenolic OH excluding ortho intramolecular Hbond substituents is 2. The molecule has 0 unspecified atom stereocenters. The number of benzene rings is 1. The standard InChI is InChI=1S/C20H30N2O3/c1-11(2)13-10-12-6-7-14-19(3,4)8-5-9-20(14,18(25)22-21)15(12)17(24)16(13)23/h10-11,14,23-24H,5-9,21H2,1-4H3,(H,22,25)/t14-,20+/m0/s1. The number of hydrazine groups is 1. The third kappa shape index (κ3) is 2.43. The van der Waals surface area contributed by atoms with E-state index >= 15 is 0 Å². The van der Waals surface area contributed by atoms with Gasteiger partial charge in [0.25, 0.3) is 0 Å². The largest absolute Gasteiger partial charge is 0.504 e. The van der Waals surface area contributed by atoms with Gasteiger partial charge in [-0.15, -0.1) is 0 Å². The molecule has 5 nitrogen and oxygen atoms in total. The SMILES string of the molecule is CC(C)c1cc2c(c(O)c1O)[C@@]1(C(=O)NN)CCCC(C)(C)[C@@H]1CC2. The molecule has 0 radical (unpaired) electrons. The monoisotopic (exact) mass is 346 g/mol. The summed E-state index contributed by atoms with van der Waals surface area (Å²) in [6.07, 6.45) is 4.27. The first-order valence-corrected chi connectivity index (χ1v) is 9.26. The van der Waals surface area contributed by atoms with Gasteiger partial charge < -0.3 is 10.2 Å². The molecule has 0 aromatic heterocycles. The van der Waals surface area contributed by atoms with Crippen molar-refractivity contribution in [3.8, 4) is 11.5 Å². The van der Waals surface area contributed by atoms with Gasteiger partial charge in [-0.1, -0.05) is 40.2 Å². The van der Waals surface area contributed by atoms with Crippen molar-refractivity contribution in [1.82, 2.24) is 5.43 Å². The minimum absolute atomic E-state index is 0.0266. The van der Waals surface area contributed by atoms with E-state index in [1.807, 2.05) is 19.9 Å². The number of phenols is 2. The van der Waals surface area contributed by atoms with E-state index in [-0.39, 0.29) is 34.7 Å². The van der Waals surface area contributed by atoms with E-state index in [4.69, 9.17) is 5.84 Å². The molecule has 0 saturated heterocycles. The van der Waals surface area contributed by atoms with Crippen LogP contribution in [0.15, 0.2) is 6.07 Å². The number of carbonyl (C=O) groups is 1. The Labute approximate surface area is 149 Å². The quantitative estimate of drug-likeness (QED) is 0.286. The van der Waals surface area contributed by atoms with Crippen molar-refractivity contribution in [2.75, 3.05) is 0 Å². The smallest absolute Gasteiger partial charge is 0.244 e. The fourth-order valence-electron chi connectivity index (χ4n) is 5.46. The second kappa shape index (κ2) is 5.90. The third-order valence-electron chi connectivity index (χ3n) is 6.62. The Hall–Kier alpha value is -1.75. The van der Waals surface area contributed by atoms with Crippen LogP contribution in [0.25, 0.3) is 0 Å². The Morgan fingerprint density at radius 2 is 1.96 bits per heavy atom. The summed E-state index contributed by atoms with van der Waals surface area (Å²) in [5.74, 6) is 5.27. The van der Waals surface area contributed by atoms with Crippen molar-refractivity contribution in [3.05, 3.63) is 22.8 Å². The van der Waals surface area contributed by atoms with Gasteiger partial charge in [0.15, 0.2) is 11.5 Å². The predicted molar refractivity (Wildman–Crippen MR) is 97.3 cm³/mol. The summed E-state index contributed by atoms with van der Waals surface area (Å²) >= 11 is 0. The van der Waals surface area contributed by atoms with E-state index in [0.29, 0.717) is 12.0 Å². The first kappa shape index (κ1) is 18.1. The second-order valence-electron chi connectivity index (χ2n) is 8.73. The molecule has 2 atom stereocenters. The summed E-state index contributed by atoms with van der Waals surface area (Å²) < 4.78 is 0. The van der Waals surface area contributed by atoms with Crippen molar-refractivity contribution in [1.29, 1.82) is 0 Å². The lowest BCUT2D eigenvalue weighted by Crippen LogP contribution is -2.59. The maximum Gasteiger partial charge on any atom is 0.244 e. The average Bonchev–Trinajstić information content (AvgIpc) is 2.55. The summed E-state index contributed by atoms with van der Waals surface area (Å²) in [4.78, 5) is 13.0. The van der Waals surface area contributed by atoms with E-state index in [0.717, 1.165) is 36.8 Å². The first-order chi connectivity index (χ1) is 11.7. The van der Waals surface area contributed by atoms with Gasteiger partial charge in [0.1, 0.15) is 0 Å². The number of carbonyl (C=O) groups excluding carboxylic acids is 1. The van der Waals surface area contributed by atoms with E-state index < -0.39 is 5.41 Å². The molecule has 0 heterocycles. The Kier molecular flexibility index (Phi) is 4.26. The zero-order valence-electron chi connectivity index (χ0n) is 15.6. The Bertz CT molecular complexity index is 711. The molecule has 1 saturated carbocycles. The van der Waals surface area contributed by atoms with Crippen LogP contribution in [-0.2, 0) is 16.6 Å². The van der Waals surface area contributed by atoms with Crippen LogP contribution in [0, 0.1) is 11.3 Å². The van der Waals surface area contributed by atoms with Crippen molar-refractivity contribution < 1.29 is 15.0 Å². The maximum atomic E-state index is 13.0. The Morgan fingerprint density at radius 1 is 1.28 bits per heavy atom. The number of hydrogen-bond donors (Lipinski definition) is 4. The Balaban J connectivity index is 2.31. The minimum atomic E-state index is -0.874. The summed E-state index contributed by atoms with van der Waals surface area (Å²) in [5.41, 5.74) is 3.75. The summed E-state index contributed by atoms with van der Waals surface area (Å²) in [5, 5.41) is 21.5. The van der Waals surface area contributed by atoms with Crippen molar-refractivity contribution in [3.63, 3.8) is 0 Å². The molecule has 0 bridgehead atoms. The van der Waals surface area contributed by atoms with Gasteiger partial charge in [-0.25, -0.2) is 5.84 Å². The lowest BCUT2D eigenvalue weighted by molar-refractivity contribution is -0.135. The summed E-state index contributed by atoms with van der Waals surface area (Å²) in [6, 6.07) is 1.97. The van der Waals surface area contributed by atoms with Gasteiger partial charge in [-0.05, 0) is 48.5 Å². The lowest BCUT2D eigenvalue weighted by atomic mass is 9.49. The molecule has 2 aliphatic rings. The maximum absolute atomic E-state index is 13.0. The Morgan fingerprint density at radius 3 is 2.56 bits per heavy atom. The number of nitrogens with one attached hydrogen (secondary N) is 1. The topological polar surface area (TPSA) is 95.6 Å². The van der Waals surface area contributed by atoms with Gasteiger partial charge in [-0.3, -0.25) is 10.2 Å². The van der Waals surface area contributed by atoms with Gasteiger partial charge in [0, 0.05) is 11.1 Å². The van der Waals surface area contributed by atoms with Crippen LogP contribution in [0.1, 0.15) is 76.0 Å². The number of amides is 1. The predicted octanol–water partition coefficient (Wildman–Crippen LogP) is 3.22. The van der Waals surface area contributed by atoms with Gasteiger partial charge >= 0.3 is 0 Å². The van der Waals surface area contributed by atoms with Crippen molar-refractivity contribution in [2.45, 2.75) is 71.1 Å². The number of aryl methyl sites for hydroxylation is 1. The molecule has 5 heteroatoms. The van der Waals surface area contributed by atoms with Crippen LogP contribution in [0.5, 0.6) is 11.5 Å². The summed E-state index contributed by atoms with van der Waals surface area (Å²) in [6.45, 7) is 8.36. The molecule has 1 amide bonds. The average molecular weight is 346 g/mol. The van der Waals surface area contributed by atoms with E-state index in [9.17, 15) is 15.0 Å². The fraction of sp³-hybridized carbons (Fsp3) is 0.650. The normalized spacial score (nSPS) is 27.5. The highest BCUT2D eigenvalue weighted by Gasteiger charge is 2.58. The highest BCUT2D eigenvalue weighted by atomic mass is 16.3. The van der Waals surface area contributed by atoms with Crippen LogP contribution < -0.4 is 11.3 Å². The van der Waals surface area contributed by atoms with Crippen LogP contribution in [-0.4, -0.2) is 16.1 Å². The molecular weight excluding hydrogens is 316 g/mol. The summed E-state index contributed by atoms with van der Waals surface area (Å²) in [7, 11) is 0. The zero-order valence-corrected chi connectivity index (χ0v) is 15.6. The molecule has 0 spiro atoms. The highest BCUT2D eigenvalue weighted by Crippen LogP contribution is 2.60. The van der Waals surface area contributed by atoms with Crippen LogP contribution >= 0.6 is 0 Å². The van der Waals surface area contributed by atoms with E-state index in [1.165, 1.54) is 0 Å². The van der Waals surface area contributed by atoms with E-state index in [2.05, 4.69) is 19.3 Å². The zero-order chi connectivity index (χ0) is 18.6. The van der Waals surface area contributed by atoms with Crippen molar-refractivity contribution >= 4 is 5.91 Å². The number of hydrogen-bond acceptors (Lipinski definition) is 4. The molecule has 1 aromatic rings. The van der Waals surface area contributed by atoms with Crippen LogP contribution in [0.2, 0.25) is 0 Å². The number of aromatic hydroxyl groups is 2. The van der Waals surface area contributed by atoms with E-state index in [1.54, 1.807) is 0 Å². The molecule has 2 aliphatic carbocycles. The number of nitrogens with two attached hydrogens (primary N) is 1. The van der Waals surface area contributed by atoms with Gasteiger partial charge in [-0.2, -0.15) is 0 Å². The molecule has 1 aromatic carbocycles. The van der Waals surface area contributed by atoms with Gasteiger partial charge in [0.2, 0.25) is 5.91 Å². The highest BCUT2D eigenvalue weighted by molar-refractivity contribution is 5.91. The third-order valence-corrected chi connectivity index (χ3v) is 6.62. The van der Waals surface area contributed by atoms with Gasteiger partial charge in [0.05, 0.1) is 5.41 Å². The minimum Gasteiger partial charge on any atom is -0.504 e. The number of rotatable bonds is 2. The molecule has 138 valence electrons. The van der Waals surface area contributed by atoms with Crippen LogP contribution in [0.4, 0.5) is 0 Å². The molecule has 1 fully saturated rings. The fourth-order valence-corrected chi connectivity index (χ4v) is 5.46. The molecule has 0 aliphatic heterocycles. The first-order valence-electron chi connectivity index (χ1n) is 9.26. The molecule has 5 N–H and O–H groups in total. The number of fused-ring (bicyclic) bond motifs is 3. The second-order valence-corrected chi connectivity index (χ2v) is 8.73.